The summed E-state index contributed by atoms with van der Waals surface area (Å²) in [7, 11) is 0. The van der Waals surface area contributed by atoms with Crippen LogP contribution in [0.2, 0.25) is 0 Å². The molecule has 0 fully saturated rings. The predicted octanol–water partition coefficient (Wildman–Crippen LogP) is 6.99. The molecule has 1 rings (SSSR count). The van der Waals surface area contributed by atoms with Crippen molar-refractivity contribution in [2.75, 3.05) is 19.8 Å². The standard InChI is InChI=1S/C26H44O5/c1-3-5-6-7-8-9-10-11-12-13-14-18-21-26(25(27)28,30-23-22-29-4-2)31-24-19-16-15-17-20-24/h15-17,19-20H,3-14,18,21-23H2,1-2H3,(H,27,28). The Morgan fingerprint density at radius 3 is 1.87 bits per heavy atom. The van der Waals surface area contributed by atoms with Crippen LogP contribution in [0.5, 0.6) is 5.75 Å². The highest BCUT2D eigenvalue weighted by Gasteiger charge is 2.42. The van der Waals surface area contributed by atoms with E-state index in [0.29, 0.717) is 25.4 Å². The normalized spacial score (nSPS) is 13.1. The van der Waals surface area contributed by atoms with Crippen LogP contribution in [0.25, 0.3) is 0 Å². The van der Waals surface area contributed by atoms with Gasteiger partial charge in [-0.25, -0.2) is 4.79 Å². The molecule has 0 bridgehead atoms. The number of benzene rings is 1. The van der Waals surface area contributed by atoms with Crippen molar-refractivity contribution >= 4 is 5.97 Å². The molecule has 0 aliphatic rings. The molecule has 1 N–H and O–H groups in total. The van der Waals surface area contributed by atoms with E-state index < -0.39 is 11.8 Å². The van der Waals surface area contributed by atoms with E-state index in [1.165, 1.54) is 57.8 Å². The fourth-order valence-electron chi connectivity index (χ4n) is 3.65. The molecule has 0 spiro atoms. The van der Waals surface area contributed by atoms with Crippen LogP contribution in [0.15, 0.2) is 30.3 Å². The van der Waals surface area contributed by atoms with E-state index in [-0.39, 0.29) is 6.61 Å². The highest BCUT2D eigenvalue weighted by atomic mass is 16.7. The second kappa shape index (κ2) is 18.0. The lowest BCUT2D eigenvalue weighted by Gasteiger charge is -2.30. The molecule has 5 heteroatoms. The number of carbonyl (C=O) groups is 1. The summed E-state index contributed by atoms with van der Waals surface area (Å²) in [6.45, 7) is 5.26. The second-order valence-corrected chi connectivity index (χ2v) is 8.16. The van der Waals surface area contributed by atoms with Crippen LogP contribution >= 0.6 is 0 Å². The SMILES string of the molecule is CCCCCCCCCCCCCCC(OCCOCC)(Oc1ccccc1)C(=O)O. The van der Waals surface area contributed by atoms with Gasteiger partial charge in [0.25, 0.3) is 0 Å². The maximum atomic E-state index is 12.1. The highest BCUT2D eigenvalue weighted by molar-refractivity contribution is 5.76. The van der Waals surface area contributed by atoms with Crippen LogP contribution in [0, 0.1) is 0 Å². The van der Waals surface area contributed by atoms with E-state index in [2.05, 4.69) is 6.92 Å². The molecule has 0 aliphatic heterocycles. The van der Waals surface area contributed by atoms with Gasteiger partial charge in [0.15, 0.2) is 0 Å². The molecule has 1 atom stereocenters. The van der Waals surface area contributed by atoms with Crippen molar-refractivity contribution in [1.82, 2.24) is 0 Å². The number of aliphatic carboxylic acids is 1. The molecule has 1 aromatic carbocycles. The average Bonchev–Trinajstić information content (AvgIpc) is 2.77. The molecule has 0 radical (unpaired) electrons. The Bertz CT molecular complexity index is 548. The summed E-state index contributed by atoms with van der Waals surface area (Å²) in [4.78, 5) is 12.1. The number of hydrogen-bond acceptors (Lipinski definition) is 4. The van der Waals surface area contributed by atoms with Crippen LogP contribution in [-0.2, 0) is 14.3 Å². The first-order valence-corrected chi connectivity index (χ1v) is 12.3. The summed E-state index contributed by atoms with van der Waals surface area (Å²) >= 11 is 0. The molecule has 0 aromatic heterocycles. The third-order valence-electron chi connectivity index (χ3n) is 5.48. The zero-order valence-electron chi connectivity index (χ0n) is 19.8. The largest absolute Gasteiger partial charge is 0.476 e. The Morgan fingerprint density at radius 2 is 1.35 bits per heavy atom. The fraction of sp³-hybridized carbons (Fsp3) is 0.731. The van der Waals surface area contributed by atoms with Crippen LogP contribution in [0.4, 0.5) is 0 Å². The average molecular weight is 437 g/mol. The number of ether oxygens (including phenoxy) is 3. The van der Waals surface area contributed by atoms with Gasteiger partial charge in [0.2, 0.25) is 0 Å². The fourth-order valence-corrected chi connectivity index (χ4v) is 3.65. The lowest BCUT2D eigenvalue weighted by molar-refractivity contribution is -0.218. The first-order valence-electron chi connectivity index (χ1n) is 12.3. The first kappa shape index (κ1) is 27.4. The minimum absolute atomic E-state index is 0.186. The predicted molar refractivity (Wildman–Crippen MR) is 126 cm³/mol. The minimum Gasteiger partial charge on any atom is -0.476 e. The van der Waals surface area contributed by atoms with Crippen molar-refractivity contribution in [2.45, 2.75) is 103 Å². The molecule has 31 heavy (non-hydrogen) atoms. The monoisotopic (exact) mass is 436 g/mol. The number of hydrogen-bond donors (Lipinski definition) is 1. The number of rotatable bonds is 21. The summed E-state index contributed by atoms with van der Waals surface area (Å²) in [6, 6.07) is 9.03. The lowest BCUT2D eigenvalue weighted by atomic mass is 10.0. The molecule has 0 amide bonds. The molecule has 0 heterocycles. The van der Waals surface area contributed by atoms with Gasteiger partial charge in [-0.3, -0.25) is 0 Å². The Hall–Kier alpha value is -1.59. The zero-order chi connectivity index (χ0) is 22.6. The molecule has 0 aliphatic carbocycles. The Labute approximate surface area is 189 Å². The Balaban J connectivity index is 2.37. The van der Waals surface area contributed by atoms with Crippen molar-refractivity contribution in [2.24, 2.45) is 0 Å². The third kappa shape index (κ3) is 12.8. The van der Waals surface area contributed by atoms with E-state index >= 15 is 0 Å². The molecule has 178 valence electrons. The van der Waals surface area contributed by atoms with Gasteiger partial charge in [-0.2, -0.15) is 0 Å². The van der Waals surface area contributed by atoms with E-state index in [0.717, 1.165) is 19.3 Å². The quantitative estimate of drug-likeness (QED) is 0.166. The van der Waals surface area contributed by atoms with Gasteiger partial charge >= 0.3 is 11.8 Å². The van der Waals surface area contributed by atoms with Gasteiger partial charge in [-0.1, -0.05) is 95.8 Å². The van der Waals surface area contributed by atoms with Gasteiger partial charge < -0.3 is 19.3 Å². The van der Waals surface area contributed by atoms with Gasteiger partial charge in [0.05, 0.1) is 13.2 Å². The van der Waals surface area contributed by atoms with Gasteiger partial charge in [0, 0.05) is 13.0 Å². The van der Waals surface area contributed by atoms with E-state index in [1.807, 2.05) is 25.1 Å². The highest BCUT2D eigenvalue weighted by Crippen LogP contribution is 2.26. The zero-order valence-corrected chi connectivity index (χ0v) is 19.8. The van der Waals surface area contributed by atoms with Crippen molar-refractivity contribution in [1.29, 1.82) is 0 Å². The molecular formula is C26H44O5. The molecule has 0 saturated carbocycles. The van der Waals surface area contributed by atoms with E-state index in [9.17, 15) is 9.90 Å². The molecule has 1 unspecified atom stereocenters. The Morgan fingerprint density at radius 1 is 0.806 bits per heavy atom. The molecule has 0 saturated heterocycles. The number of carboxylic acids is 1. The molecule has 1 aromatic rings. The van der Waals surface area contributed by atoms with Gasteiger partial charge in [-0.05, 0) is 25.5 Å². The molecular weight excluding hydrogens is 392 g/mol. The number of para-hydroxylation sites is 1. The maximum Gasteiger partial charge on any atom is 0.377 e. The van der Waals surface area contributed by atoms with Crippen molar-refractivity contribution in [3.63, 3.8) is 0 Å². The summed E-state index contributed by atoms with van der Waals surface area (Å²) in [6.07, 6.45) is 15.1. The molecule has 5 nitrogen and oxygen atoms in total. The van der Waals surface area contributed by atoms with E-state index in [1.54, 1.807) is 12.1 Å². The summed E-state index contributed by atoms with van der Waals surface area (Å²) in [5, 5.41) is 9.93. The van der Waals surface area contributed by atoms with E-state index in [4.69, 9.17) is 14.2 Å². The van der Waals surface area contributed by atoms with Crippen LogP contribution < -0.4 is 4.74 Å². The first-order chi connectivity index (χ1) is 15.1. The summed E-state index contributed by atoms with van der Waals surface area (Å²) < 4.78 is 16.9. The van der Waals surface area contributed by atoms with Crippen molar-refractivity contribution < 1.29 is 24.1 Å². The van der Waals surface area contributed by atoms with Crippen LogP contribution in [-0.4, -0.2) is 36.7 Å². The number of carboxylic acid groups (broad SMARTS) is 1. The minimum atomic E-state index is -1.67. The third-order valence-corrected chi connectivity index (χ3v) is 5.48. The Kier molecular flexibility index (Phi) is 16.0. The van der Waals surface area contributed by atoms with Gasteiger partial charge in [0.1, 0.15) is 5.75 Å². The lowest BCUT2D eigenvalue weighted by Crippen LogP contribution is -2.48. The topological polar surface area (TPSA) is 65.0 Å². The van der Waals surface area contributed by atoms with Crippen LogP contribution in [0.1, 0.15) is 97.3 Å². The van der Waals surface area contributed by atoms with Crippen molar-refractivity contribution in [3.05, 3.63) is 30.3 Å². The maximum absolute atomic E-state index is 12.1. The van der Waals surface area contributed by atoms with Gasteiger partial charge in [-0.15, -0.1) is 0 Å². The number of unbranched alkanes of at least 4 members (excludes halogenated alkanes) is 11. The summed E-state index contributed by atoms with van der Waals surface area (Å²) in [5.41, 5.74) is 0. The summed E-state index contributed by atoms with van der Waals surface area (Å²) in [5.74, 6) is -2.26. The second-order valence-electron chi connectivity index (χ2n) is 8.16. The van der Waals surface area contributed by atoms with Crippen molar-refractivity contribution in [3.8, 4) is 5.75 Å². The smallest absolute Gasteiger partial charge is 0.377 e. The van der Waals surface area contributed by atoms with Crippen LogP contribution in [0.3, 0.4) is 0 Å².